The van der Waals surface area contributed by atoms with Crippen LogP contribution in [0.1, 0.15) is 45.6 Å². The number of rotatable bonds is 5. The first kappa shape index (κ1) is 19.7. The normalized spacial score (nSPS) is 20.4. The number of amides is 1. The zero-order chi connectivity index (χ0) is 18.6. The number of carbonyl (C=O) groups excluding carboxylic acids is 1. The largest absolute Gasteiger partial charge is 0.504 e. The Kier molecular flexibility index (Phi) is 6.41. The fourth-order valence-electron chi connectivity index (χ4n) is 3.00. The second-order valence-electron chi connectivity index (χ2n) is 7.29. The minimum absolute atomic E-state index is 0.00178. The van der Waals surface area contributed by atoms with Crippen LogP contribution in [0.5, 0.6) is 11.5 Å². The molecule has 140 valence electrons. The van der Waals surface area contributed by atoms with E-state index < -0.39 is 11.7 Å². The number of nitrogens with one attached hydrogen (secondary N) is 2. The summed E-state index contributed by atoms with van der Waals surface area (Å²) in [4.78, 5) is 12.0. The zero-order valence-corrected chi connectivity index (χ0v) is 15.9. The Morgan fingerprint density at radius 2 is 2.00 bits per heavy atom. The Bertz CT molecular complexity index is 616. The summed E-state index contributed by atoms with van der Waals surface area (Å²) in [5.74, 6) is 0.424. The summed E-state index contributed by atoms with van der Waals surface area (Å²) in [6.45, 7) is 5.95. The summed E-state index contributed by atoms with van der Waals surface area (Å²) in [6.07, 6.45) is 2.45. The van der Waals surface area contributed by atoms with Crippen LogP contribution in [0.4, 0.5) is 4.79 Å². The first-order chi connectivity index (χ1) is 11.7. The highest BCUT2D eigenvalue weighted by Gasteiger charge is 2.30. The summed E-state index contributed by atoms with van der Waals surface area (Å²) in [5.41, 5.74) is 0.140. The lowest BCUT2D eigenvalue weighted by Crippen LogP contribution is -2.47. The molecular weight excluding hydrogens is 344 g/mol. The van der Waals surface area contributed by atoms with Crippen LogP contribution in [0, 0.1) is 0 Å². The third-order valence-electron chi connectivity index (χ3n) is 4.11. The number of phenols is 1. The predicted octanol–water partition coefficient (Wildman–Crippen LogP) is 3.59. The quantitative estimate of drug-likeness (QED) is 0.738. The molecule has 0 saturated heterocycles. The number of ether oxygens (including phenoxy) is 2. The van der Waals surface area contributed by atoms with E-state index in [9.17, 15) is 9.90 Å². The summed E-state index contributed by atoms with van der Waals surface area (Å²) >= 11 is 6.06. The summed E-state index contributed by atoms with van der Waals surface area (Å²) in [6, 6.07) is 3.38. The van der Waals surface area contributed by atoms with Crippen LogP contribution < -0.4 is 15.4 Å². The van der Waals surface area contributed by atoms with Crippen LogP contribution in [-0.4, -0.2) is 36.0 Å². The highest BCUT2D eigenvalue weighted by atomic mass is 35.5. The minimum Gasteiger partial charge on any atom is -0.504 e. The molecule has 2 rings (SSSR count). The molecule has 2 atom stereocenters. The SMILES string of the molecule is COc1cc(Cl)cc(CNC2CCCC2NC(=O)OC(C)(C)C)c1O. The Labute approximate surface area is 153 Å². The monoisotopic (exact) mass is 370 g/mol. The molecule has 6 nitrogen and oxygen atoms in total. The van der Waals surface area contributed by atoms with Gasteiger partial charge in [-0.2, -0.15) is 0 Å². The van der Waals surface area contributed by atoms with Gasteiger partial charge in [-0.15, -0.1) is 0 Å². The maximum absolute atomic E-state index is 12.0. The van der Waals surface area contributed by atoms with E-state index in [1.54, 1.807) is 12.1 Å². The van der Waals surface area contributed by atoms with Gasteiger partial charge in [-0.1, -0.05) is 11.6 Å². The molecule has 3 N–H and O–H groups in total. The van der Waals surface area contributed by atoms with Crippen LogP contribution >= 0.6 is 11.6 Å². The van der Waals surface area contributed by atoms with Crippen molar-refractivity contribution in [1.29, 1.82) is 0 Å². The number of methoxy groups -OCH3 is 1. The average Bonchev–Trinajstić information content (AvgIpc) is 2.92. The molecule has 0 radical (unpaired) electrons. The lowest BCUT2D eigenvalue weighted by atomic mass is 10.1. The molecule has 0 bridgehead atoms. The molecule has 0 aromatic heterocycles. The fourth-order valence-corrected chi connectivity index (χ4v) is 3.23. The van der Waals surface area contributed by atoms with Gasteiger partial charge in [0.25, 0.3) is 0 Å². The van der Waals surface area contributed by atoms with E-state index in [4.69, 9.17) is 21.1 Å². The molecule has 7 heteroatoms. The van der Waals surface area contributed by atoms with Crippen molar-refractivity contribution in [3.05, 3.63) is 22.7 Å². The molecule has 2 unspecified atom stereocenters. The molecule has 1 aliphatic rings. The molecule has 1 aromatic rings. The van der Waals surface area contributed by atoms with Gasteiger partial charge < -0.3 is 25.2 Å². The molecular formula is C18H27ClN2O4. The van der Waals surface area contributed by atoms with Gasteiger partial charge in [0, 0.05) is 35.3 Å². The minimum atomic E-state index is -0.519. The molecule has 1 fully saturated rings. The lowest BCUT2D eigenvalue weighted by molar-refractivity contribution is 0.0498. The van der Waals surface area contributed by atoms with E-state index in [-0.39, 0.29) is 17.8 Å². The number of hydrogen-bond donors (Lipinski definition) is 3. The molecule has 0 heterocycles. The lowest BCUT2D eigenvalue weighted by Gasteiger charge is -2.25. The van der Waals surface area contributed by atoms with E-state index in [0.717, 1.165) is 19.3 Å². The average molecular weight is 371 g/mol. The second-order valence-corrected chi connectivity index (χ2v) is 7.72. The maximum atomic E-state index is 12.0. The maximum Gasteiger partial charge on any atom is 0.407 e. The first-order valence-corrected chi connectivity index (χ1v) is 8.85. The number of carbonyl (C=O) groups is 1. The zero-order valence-electron chi connectivity index (χ0n) is 15.2. The predicted molar refractivity (Wildman–Crippen MR) is 97.3 cm³/mol. The van der Waals surface area contributed by atoms with Gasteiger partial charge in [-0.3, -0.25) is 0 Å². The van der Waals surface area contributed by atoms with Crippen LogP contribution in [0.2, 0.25) is 5.02 Å². The van der Waals surface area contributed by atoms with Crippen molar-refractivity contribution >= 4 is 17.7 Å². The second kappa shape index (κ2) is 8.15. The molecule has 1 saturated carbocycles. The number of halogens is 1. The van der Waals surface area contributed by atoms with Crippen molar-refractivity contribution in [3.8, 4) is 11.5 Å². The Morgan fingerprint density at radius 1 is 1.32 bits per heavy atom. The third-order valence-corrected chi connectivity index (χ3v) is 4.33. The van der Waals surface area contributed by atoms with Gasteiger partial charge in [-0.25, -0.2) is 4.79 Å². The van der Waals surface area contributed by atoms with Gasteiger partial charge in [0.1, 0.15) is 5.60 Å². The van der Waals surface area contributed by atoms with Gasteiger partial charge >= 0.3 is 6.09 Å². The van der Waals surface area contributed by atoms with Gasteiger partial charge in [-0.05, 0) is 46.1 Å². The van der Waals surface area contributed by atoms with E-state index >= 15 is 0 Å². The van der Waals surface area contributed by atoms with Crippen molar-refractivity contribution < 1.29 is 19.4 Å². The van der Waals surface area contributed by atoms with Crippen LogP contribution in [0.3, 0.4) is 0 Å². The Hall–Kier alpha value is -1.66. The number of phenolic OH excluding ortho intramolecular Hbond substituents is 1. The van der Waals surface area contributed by atoms with Gasteiger partial charge in [0.05, 0.1) is 7.11 Å². The van der Waals surface area contributed by atoms with E-state index in [1.807, 2.05) is 20.8 Å². The summed E-state index contributed by atoms with van der Waals surface area (Å²) in [5, 5.41) is 17.0. The molecule has 1 amide bonds. The van der Waals surface area contributed by atoms with E-state index in [0.29, 0.717) is 22.9 Å². The fraction of sp³-hybridized carbons (Fsp3) is 0.611. The van der Waals surface area contributed by atoms with E-state index in [1.165, 1.54) is 7.11 Å². The van der Waals surface area contributed by atoms with Crippen molar-refractivity contribution in [2.75, 3.05) is 7.11 Å². The Morgan fingerprint density at radius 3 is 2.64 bits per heavy atom. The number of benzene rings is 1. The molecule has 0 aliphatic heterocycles. The van der Waals surface area contributed by atoms with Crippen LogP contribution in [0.25, 0.3) is 0 Å². The highest BCUT2D eigenvalue weighted by molar-refractivity contribution is 6.30. The number of aromatic hydroxyl groups is 1. The van der Waals surface area contributed by atoms with E-state index in [2.05, 4.69) is 10.6 Å². The highest BCUT2D eigenvalue weighted by Crippen LogP contribution is 2.33. The molecule has 1 aliphatic carbocycles. The van der Waals surface area contributed by atoms with Gasteiger partial charge in [0.2, 0.25) is 0 Å². The first-order valence-electron chi connectivity index (χ1n) is 8.48. The smallest absolute Gasteiger partial charge is 0.407 e. The van der Waals surface area contributed by atoms with Crippen LogP contribution in [-0.2, 0) is 11.3 Å². The van der Waals surface area contributed by atoms with Gasteiger partial charge in [0.15, 0.2) is 11.5 Å². The van der Waals surface area contributed by atoms with Crippen molar-refractivity contribution in [2.45, 2.75) is 64.3 Å². The topological polar surface area (TPSA) is 79.8 Å². The van der Waals surface area contributed by atoms with Crippen molar-refractivity contribution in [3.63, 3.8) is 0 Å². The standard InChI is InChI=1S/C18H27ClN2O4/c1-18(2,3)25-17(23)21-14-7-5-6-13(14)20-10-11-8-12(19)9-15(24-4)16(11)22/h8-9,13-14,20,22H,5-7,10H2,1-4H3,(H,21,23). The number of alkyl carbamates (subject to hydrolysis) is 1. The van der Waals surface area contributed by atoms with Crippen LogP contribution in [0.15, 0.2) is 12.1 Å². The molecule has 1 aromatic carbocycles. The van der Waals surface area contributed by atoms with Crippen molar-refractivity contribution in [1.82, 2.24) is 10.6 Å². The molecule has 25 heavy (non-hydrogen) atoms. The molecule has 0 spiro atoms. The third kappa shape index (κ3) is 5.68. The van der Waals surface area contributed by atoms with Crippen molar-refractivity contribution in [2.24, 2.45) is 0 Å². The Balaban J connectivity index is 1.96. The summed E-state index contributed by atoms with van der Waals surface area (Å²) < 4.78 is 10.4. The number of hydrogen-bond acceptors (Lipinski definition) is 5. The summed E-state index contributed by atoms with van der Waals surface area (Å²) in [7, 11) is 1.49.